The Balaban J connectivity index is 1.97. The summed E-state index contributed by atoms with van der Waals surface area (Å²) in [6, 6.07) is 6.32. The molecule has 2 N–H and O–H groups in total. The lowest BCUT2D eigenvalue weighted by atomic mass is 9.83. The van der Waals surface area contributed by atoms with Crippen molar-refractivity contribution in [1.29, 1.82) is 0 Å². The van der Waals surface area contributed by atoms with Crippen molar-refractivity contribution >= 4 is 5.91 Å². The summed E-state index contributed by atoms with van der Waals surface area (Å²) >= 11 is 0. The van der Waals surface area contributed by atoms with E-state index in [1.807, 2.05) is 0 Å². The van der Waals surface area contributed by atoms with Crippen LogP contribution >= 0.6 is 0 Å². The average molecular weight is 293 g/mol. The molecule has 1 aromatic carbocycles. The van der Waals surface area contributed by atoms with Gasteiger partial charge in [-0.25, -0.2) is 4.39 Å². The second kappa shape index (κ2) is 6.56. The van der Waals surface area contributed by atoms with E-state index in [-0.39, 0.29) is 24.2 Å². The van der Waals surface area contributed by atoms with Gasteiger partial charge in [-0.3, -0.25) is 4.79 Å². The molecule has 0 radical (unpaired) electrons. The lowest BCUT2D eigenvalue weighted by molar-refractivity contribution is -0.126. The Morgan fingerprint density at radius 3 is 2.62 bits per heavy atom. The lowest BCUT2D eigenvalue weighted by Crippen LogP contribution is -2.44. The molecule has 1 aliphatic rings. The molecule has 1 atom stereocenters. The van der Waals surface area contributed by atoms with Crippen molar-refractivity contribution < 1.29 is 14.3 Å². The molecule has 3 nitrogen and oxygen atoms in total. The molecule has 0 aromatic heterocycles. The van der Waals surface area contributed by atoms with Crippen LogP contribution in [0.15, 0.2) is 24.3 Å². The zero-order chi connectivity index (χ0) is 15.5. The van der Waals surface area contributed by atoms with Crippen molar-refractivity contribution in [2.75, 3.05) is 6.54 Å². The molecule has 0 heterocycles. The fourth-order valence-corrected chi connectivity index (χ4v) is 3.02. The van der Waals surface area contributed by atoms with Gasteiger partial charge in [-0.05, 0) is 38.7 Å². The number of carbonyl (C=O) groups is 1. The molecule has 116 valence electrons. The average Bonchev–Trinajstić information content (AvgIpc) is 2.98. The van der Waals surface area contributed by atoms with Crippen LogP contribution in [0.25, 0.3) is 0 Å². The summed E-state index contributed by atoms with van der Waals surface area (Å²) in [6.07, 6.45) is 3.83. The molecular weight excluding hydrogens is 269 g/mol. The molecule has 1 aromatic rings. The molecule has 1 saturated carbocycles. The van der Waals surface area contributed by atoms with Crippen molar-refractivity contribution in [3.05, 3.63) is 35.6 Å². The third-order valence-corrected chi connectivity index (χ3v) is 4.53. The van der Waals surface area contributed by atoms with Crippen molar-refractivity contribution in [3.63, 3.8) is 0 Å². The highest BCUT2D eigenvalue weighted by Crippen LogP contribution is 2.28. The molecule has 0 spiro atoms. The van der Waals surface area contributed by atoms with Gasteiger partial charge in [-0.1, -0.05) is 31.0 Å². The Hall–Kier alpha value is -1.42. The van der Waals surface area contributed by atoms with Gasteiger partial charge in [0.25, 0.3) is 0 Å². The summed E-state index contributed by atoms with van der Waals surface area (Å²) in [7, 11) is 0. The smallest absolute Gasteiger partial charge is 0.230 e. The highest BCUT2D eigenvalue weighted by Gasteiger charge is 2.33. The maximum atomic E-state index is 13.9. The van der Waals surface area contributed by atoms with E-state index in [9.17, 15) is 14.3 Å². The summed E-state index contributed by atoms with van der Waals surface area (Å²) in [4.78, 5) is 12.3. The van der Waals surface area contributed by atoms with E-state index >= 15 is 0 Å². The topological polar surface area (TPSA) is 49.3 Å². The SMILES string of the molecule is CC(C)(C(=O)NCC(O)C1CCCC1)c1ccccc1F. The number of amides is 1. The summed E-state index contributed by atoms with van der Waals surface area (Å²) in [5.41, 5.74) is -0.585. The van der Waals surface area contributed by atoms with E-state index in [1.165, 1.54) is 6.07 Å². The number of hydrogen-bond acceptors (Lipinski definition) is 2. The first-order valence-electron chi connectivity index (χ1n) is 7.64. The monoisotopic (exact) mass is 293 g/mol. The molecule has 21 heavy (non-hydrogen) atoms. The first-order chi connectivity index (χ1) is 9.93. The van der Waals surface area contributed by atoms with Gasteiger partial charge < -0.3 is 10.4 Å². The first-order valence-corrected chi connectivity index (χ1v) is 7.64. The predicted molar refractivity (Wildman–Crippen MR) is 80.4 cm³/mol. The van der Waals surface area contributed by atoms with Crippen LogP contribution in [0.5, 0.6) is 0 Å². The predicted octanol–water partition coefficient (Wildman–Crippen LogP) is 2.77. The number of benzene rings is 1. The third kappa shape index (κ3) is 3.62. The standard InChI is InChI=1S/C17H24FNO2/c1-17(2,13-9-5-6-10-14(13)18)16(21)19-11-15(20)12-7-3-4-8-12/h5-6,9-10,12,15,20H,3-4,7-8,11H2,1-2H3,(H,19,21). The number of nitrogens with one attached hydrogen (secondary N) is 1. The fourth-order valence-electron chi connectivity index (χ4n) is 3.02. The second-order valence-electron chi connectivity index (χ2n) is 6.43. The van der Waals surface area contributed by atoms with Crippen molar-refractivity contribution in [1.82, 2.24) is 5.32 Å². The van der Waals surface area contributed by atoms with Gasteiger partial charge in [0.1, 0.15) is 5.82 Å². The van der Waals surface area contributed by atoms with Crippen LogP contribution in [0.3, 0.4) is 0 Å². The molecule has 4 heteroatoms. The van der Waals surface area contributed by atoms with E-state index in [0.29, 0.717) is 5.56 Å². The van der Waals surface area contributed by atoms with Gasteiger partial charge in [0.15, 0.2) is 0 Å². The summed E-state index contributed by atoms with van der Waals surface area (Å²) < 4.78 is 13.9. The molecule has 1 unspecified atom stereocenters. The summed E-state index contributed by atoms with van der Waals surface area (Å²) in [5, 5.41) is 12.9. The minimum Gasteiger partial charge on any atom is -0.391 e. The molecular formula is C17H24FNO2. The first kappa shape index (κ1) is 16.0. The van der Waals surface area contributed by atoms with E-state index in [2.05, 4.69) is 5.32 Å². The number of hydrogen-bond donors (Lipinski definition) is 2. The van der Waals surface area contributed by atoms with Gasteiger partial charge in [-0.2, -0.15) is 0 Å². The molecule has 0 aliphatic heterocycles. The molecule has 2 rings (SSSR count). The Morgan fingerprint density at radius 2 is 2.00 bits per heavy atom. The number of halogens is 1. The van der Waals surface area contributed by atoms with Crippen molar-refractivity contribution in [3.8, 4) is 0 Å². The van der Waals surface area contributed by atoms with Crippen LogP contribution in [-0.2, 0) is 10.2 Å². The number of carbonyl (C=O) groups excluding carboxylic acids is 1. The Kier molecular flexibility index (Phi) is 4.99. The Bertz CT molecular complexity index is 495. The van der Waals surface area contributed by atoms with E-state index in [0.717, 1.165) is 25.7 Å². The highest BCUT2D eigenvalue weighted by molar-refractivity contribution is 5.87. The van der Waals surface area contributed by atoms with Crippen LogP contribution in [0.2, 0.25) is 0 Å². The fraction of sp³-hybridized carbons (Fsp3) is 0.588. The molecule has 1 amide bonds. The van der Waals surface area contributed by atoms with Crippen molar-refractivity contribution in [2.24, 2.45) is 5.92 Å². The van der Waals surface area contributed by atoms with Crippen LogP contribution in [-0.4, -0.2) is 23.7 Å². The van der Waals surface area contributed by atoms with Gasteiger partial charge in [-0.15, -0.1) is 0 Å². The molecule has 1 fully saturated rings. The minimum absolute atomic E-state index is 0.237. The Morgan fingerprint density at radius 1 is 1.38 bits per heavy atom. The van der Waals surface area contributed by atoms with Crippen LogP contribution in [0.1, 0.15) is 45.1 Å². The zero-order valence-electron chi connectivity index (χ0n) is 12.7. The van der Waals surface area contributed by atoms with Gasteiger partial charge in [0, 0.05) is 12.1 Å². The third-order valence-electron chi connectivity index (χ3n) is 4.53. The van der Waals surface area contributed by atoms with Crippen LogP contribution in [0, 0.1) is 11.7 Å². The van der Waals surface area contributed by atoms with Gasteiger partial charge >= 0.3 is 0 Å². The second-order valence-corrected chi connectivity index (χ2v) is 6.43. The highest BCUT2D eigenvalue weighted by atomic mass is 19.1. The molecule has 1 aliphatic carbocycles. The lowest BCUT2D eigenvalue weighted by Gasteiger charge is -2.26. The van der Waals surface area contributed by atoms with Gasteiger partial charge in [0.05, 0.1) is 11.5 Å². The number of rotatable bonds is 5. The van der Waals surface area contributed by atoms with Gasteiger partial charge in [0.2, 0.25) is 5.91 Å². The quantitative estimate of drug-likeness (QED) is 0.877. The number of aliphatic hydroxyl groups is 1. The summed E-state index contributed by atoms with van der Waals surface area (Å²) in [5.74, 6) is -0.361. The maximum absolute atomic E-state index is 13.9. The largest absolute Gasteiger partial charge is 0.391 e. The van der Waals surface area contributed by atoms with Crippen molar-refractivity contribution in [2.45, 2.75) is 51.0 Å². The number of aliphatic hydroxyl groups excluding tert-OH is 1. The van der Waals surface area contributed by atoms with Crippen LogP contribution in [0.4, 0.5) is 4.39 Å². The van der Waals surface area contributed by atoms with E-state index < -0.39 is 11.5 Å². The van der Waals surface area contributed by atoms with E-state index in [1.54, 1.807) is 32.0 Å². The van der Waals surface area contributed by atoms with Crippen LogP contribution < -0.4 is 5.32 Å². The Labute approximate surface area is 125 Å². The van der Waals surface area contributed by atoms with E-state index in [4.69, 9.17) is 0 Å². The summed E-state index contributed by atoms with van der Waals surface area (Å²) in [6.45, 7) is 3.63. The molecule has 0 bridgehead atoms. The minimum atomic E-state index is -0.958. The zero-order valence-corrected chi connectivity index (χ0v) is 12.7. The maximum Gasteiger partial charge on any atom is 0.230 e. The normalized spacial score (nSPS) is 17.7. The molecule has 0 saturated heterocycles.